The smallest absolute Gasteiger partial charge is 0.219 e. The Labute approximate surface area is 88.7 Å². The van der Waals surface area contributed by atoms with Gasteiger partial charge in [0.15, 0.2) is 0 Å². The first-order valence-corrected chi connectivity index (χ1v) is 5.43. The number of amides is 1. The molecule has 0 aliphatic rings. The minimum absolute atomic E-state index is 0.153. The van der Waals surface area contributed by atoms with Crippen LogP contribution >= 0.6 is 0 Å². The van der Waals surface area contributed by atoms with Crippen molar-refractivity contribution in [1.82, 2.24) is 4.90 Å². The van der Waals surface area contributed by atoms with Crippen molar-refractivity contribution < 1.29 is 4.79 Å². The van der Waals surface area contributed by atoms with Crippen molar-refractivity contribution in [1.29, 1.82) is 0 Å². The summed E-state index contributed by atoms with van der Waals surface area (Å²) >= 11 is 0. The van der Waals surface area contributed by atoms with Crippen LogP contribution in [-0.2, 0) is 4.79 Å². The second-order valence-electron chi connectivity index (χ2n) is 5.61. The molecule has 0 fully saturated rings. The fraction of sp³-hybridized carbons (Fsp3) is 0.917. The molecule has 0 unspecified atom stereocenters. The SMILES string of the molecule is CC(=O)N(CC(C)C)[C@@H](C)C(C)(C)C. The van der Waals surface area contributed by atoms with Crippen molar-refractivity contribution >= 4 is 5.91 Å². The van der Waals surface area contributed by atoms with Gasteiger partial charge in [0.05, 0.1) is 0 Å². The molecule has 0 N–H and O–H groups in total. The van der Waals surface area contributed by atoms with Gasteiger partial charge in [0.1, 0.15) is 0 Å². The maximum atomic E-state index is 11.5. The van der Waals surface area contributed by atoms with Crippen LogP contribution in [0.25, 0.3) is 0 Å². The Bertz CT molecular complexity index is 191. The van der Waals surface area contributed by atoms with E-state index in [-0.39, 0.29) is 11.3 Å². The molecule has 1 amide bonds. The lowest BCUT2D eigenvalue weighted by Crippen LogP contribution is -2.46. The third kappa shape index (κ3) is 4.12. The van der Waals surface area contributed by atoms with Gasteiger partial charge in [-0.3, -0.25) is 4.79 Å². The number of rotatable bonds is 3. The summed E-state index contributed by atoms with van der Waals surface area (Å²) in [4.78, 5) is 13.5. The molecule has 2 nitrogen and oxygen atoms in total. The van der Waals surface area contributed by atoms with E-state index in [0.717, 1.165) is 6.54 Å². The highest BCUT2D eigenvalue weighted by molar-refractivity contribution is 5.73. The molecule has 0 aromatic heterocycles. The van der Waals surface area contributed by atoms with Gasteiger partial charge in [-0.15, -0.1) is 0 Å². The van der Waals surface area contributed by atoms with Crippen LogP contribution in [0.1, 0.15) is 48.5 Å². The van der Waals surface area contributed by atoms with Crippen molar-refractivity contribution in [3.8, 4) is 0 Å². The Balaban J connectivity index is 4.58. The van der Waals surface area contributed by atoms with Crippen molar-refractivity contribution in [2.75, 3.05) is 6.54 Å². The molecule has 0 heterocycles. The molecule has 0 aromatic rings. The molecule has 84 valence electrons. The van der Waals surface area contributed by atoms with E-state index < -0.39 is 0 Å². The van der Waals surface area contributed by atoms with Crippen LogP contribution in [0.15, 0.2) is 0 Å². The fourth-order valence-corrected chi connectivity index (χ4v) is 1.42. The molecule has 0 bridgehead atoms. The van der Waals surface area contributed by atoms with Crippen molar-refractivity contribution in [2.45, 2.75) is 54.5 Å². The van der Waals surface area contributed by atoms with Gasteiger partial charge in [0.25, 0.3) is 0 Å². The highest BCUT2D eigenvalue weighted by atomic mass is 16.2. The van der Waals surface area contributed by atoms with Gasteiger partial charge in [-0.1, -0.05) is 34.6 Å². The summed E-state index contributed by atoms with van der Waals surface area (Å²) in [5, 5.41) is 0. The van der Waals surface area contributed by atoms with Crippen LogP contribution in [0.3, 0.4) is 0 Å². The number of nitrogens with zero attached hydrogens (tertiary/aromatic N) is 1. The van der Waals surface area contributed by atoms with E-state index in [1.165, 1.54) is 0 Å². The van der Waals surface area contributed by atoms with Gasteiger partial charge in [0.2, 0.25) is 5.91 Å². The first kappa shape index (κ1) is 13.5. The van der Waals surface area contributed by atoms with Gasteiger partial charge < -0.3 is 4.90 Å². The zero-order chi connectivity index (χ0) is 11.5. The molecule has 0 saturated carbocycles. The van der Waals surface area contributed by atoms with E-state index in [1.807, 2.05) is 4.90 Å². The topological polar surface area (TPSA) is 20.3 Å². The first-order chi connectivity index (χ1) is 6.16. The molecule has 0 saturated heterocycles. The lowest BCUT2D eigenvalue weighted by atomic mass is 9.86. The molecule has 0 spiro atoms. The van der Waals surface area contributed by atoms with Crippen LogP contribution < -0.4 is 0 Å². The van der Waals surface area contributed by atoms with E-state index in [9.17, 15) is 4.79 Å². The monoisotopic (exact) mass is 199 g/mol. The molecule has 14 heavy (non-hydrogen) atoms. The minimum Gasteiger partial charge on any atom is -0.339 e. The third-order valence-corrected chi connectivity index (χ3v) is 2.69. The summed E-state index contributed by atoms with van der Waals surface area (Å²) < 4.78 is 0. The highest BCUT2D eigenvalue weighted by Crippen LogP contribution is 2.24. The summed E-state index contributed by atoms with van der Waals surface area (Å²) in [5.74, 6) is 0.713. The molecular weight excluding hydrogens is 174 g/mol. The lowest BCUT2D eigenvalue weighted by Gasteiger charge is -2.38. The predicted octanol–water partition coefficient (Wildman–Crippen LogP) is 2.93. The fourth-order valence-electron chi connectivity index (χ4n) is 1.42. The maximum Gasteiger partial charge on any atom is 0.219 e. The number of hydrogen-bond acceptors (Lipinski definition) is 1. The Morgan fingerprint density at radius 2 is 1.64 bits per heavy atom. The molecule has 0 rings (SSSR count). The molecule has 0 aliphatic carbocycles. The average Bonchev–Trinajstić information content (AvgIpc) is 1.96. The van der Waals surface area contributed by atoms with E-state index in [4.69, 9.17) is 0 Å². The summed E-state index contributed by atoms with van der Waals surface area (Å²) in [5.41, 5.74) is 0.153. The summed E-state index contributed by atoms with van der Waals surface area (Å²) in [6.07, 6.45) is 0. The normalized spacial score (nSPS) is 14.3. The zero-order valence-electron chi connectivity index (χ0n) is 10.7. The molecule has 1 atom stereocenters. The van der Waals surface area contributed by atoms with E-state index in [1.54, 1.807) is 6.92 Å². The van der Waals surface area contributed by atoms with Crippen LogP contribution in [0, 0.1) is 11.3 Å². The van der Waals surface area contributed by atoms with Gasteiger partial charge in [-0.05, 0) is 18.3 Å². The second kappa shape index (κ2) is 4.81. The molecule has 0 aromatic carbocycles. The summed E-state index contributed by atoms with van der Waals surface area (Å²) in [6.45, 7) is 15.5. The first-order valence-electron chi connectivity index (χ1n) is 5.43. The van der Waals surface area contributed by atoms with Crippen LogP contribution in [0.5, 0.6) is 0 Å². The third-order valence-electron chi connectivity index (χ3n) is 2.69. The van der Waals surface area contributed by atoms with Crippen molar-refractivity contribution in [3.05, 3.63) is 0 Å². The average molecular weight is 199 g/mol. The molecule has 0 radical (unpaired) electrons. The predicted molar refractivity (Wildman–Crippen MR) is 61.1 cm³/mol. The van der Waals surface area contributed by atoms with E-state index in [0.29, 0.717) is 12.0 Å². The molecular formula is C12H25NO. The largest absolute Gasteiger partial charge is 0.339 e. The van der Waals surface area contributed by atoms with Crippen molar-refractivity contribution in [2.24, 2.45) is 11.3 Å². The Hall–Kier alpha value is -0.530. The van der Waals surface area contributed by atoms with Crippen molar-refractivity contribution in [3.63, 3.8) is 0 Å². The van der Waals surface area contributed by atoms with E-state index >= 15 is 0 Å². The summed E-state index contributed by atoms with van der Waals surface area (Å²) in [6, 6.07) is 0.294. The maximum absolute atomic E-state index is 11.5. The Morgan fingerprint density at radius 3 is 1.86 bits per heavy atom. The van der Waals surface area contributed by atoms with Gasteiger partial charge >= 0.3 is 0 Å². The second-order valence-corrected chi connectivity index (χ2v) is 5.61. The van der Waals surface area contributed by atoms with E-state index in [2.05, 4.69) is 41.5 Å². The number of carbonyl (C=O) groups is 1. The Morgan fingerprint density at radius 1 is 1.21 bits per heavy atom. The molecule has 2 heteroatoms. The van der Waals surface area contributed by atoms with Gasteiger partial charge in [-0.2, -0.15) is 0 Å². The van der Waals surface area contributed by atoms with Crippen LogP contribution in [0.2, 0.25) is 0 Å². The van der Waals surface area contributed by atoms with Gasteiger partial charge in [-0.25, -0.2) is 0 Å². The lowest BCUT2D eigenvalue weighted by molar-refractivity contribution is -0.133. The number of carbonyl (C=O) groups excluding carboxylic acids is 1. The van der Waals surface area contributed by atoms with Crippen LogP contribution in [0.4, 0.5) is 0 Å². The minimum atomic E-state index is 0.153. The number of hydrogen-bond donors (Lipinski definition) is 0. The van der Waals surface area contributed by atoms with Gasteiger partial charge in [0, 0.05) is 19.5 Å². The quantitative estimate of drug-likeness (QED) is 0.684. The highest BCUT2D eigenvalue weighted by Gasteiger charge is 2.28. The standard InChI is InChI=1S/C12H25NO/c1-9(2)8-13(11(4)14)10(3)12(5,6)7/h9-10H,8H2,1-7H3/t10-/m0/s1. The summed E-state index contributed by atoms with van der Waals surface area (Å²) in [7, 11) is 0. The molecule has 0 aliphatic heterocycles. The zero-order valence-corrected chi connectivity index (χ0v) is 10.7. The Kier molecular flexibility index (Phi) is 4.63. The van der Waals surface area contributed by atoms with Crippen LogP contribution in [-0.4, -0.2) is 23.4 Å².